The summed E-state index contributed by atoms with van der Waals surface area (Å²) in [5.41, 5.74) is 1.28. The highest BCUT2D eigenvalue weighted by atomic mass is 16.5. The van der Waals surface area contributed by atoms with E-state index in [0.29, 0.717) is 19.3 Å². The number of ether oxygens (including phenoxy) is 2. The van der Waals surface area contributed by atoms with Crippen molar-refractivity contribution in [3.8, 4) is 5.75 Å². The van der Waals surface area contributed by atoms with Crippen LogP contribution < -0.4 is 10.1 Å². The maximum absolute atomic E-state index is 5.81. The Balaban J connectivity index is 2.09. The summed E-state index contributed by atoms with van der Waals surface area (Å²) in [5.74, 6) is 1.74. The van der Waals surface area contributed by atoms with Crippen molar-refractivity contribution in [3.63, 3.8) is 0 Å². The van der Waals surface area contributed by atoms with E-state index in [2.05, 4.69) is 17.4 Å². The zero-order chi connectivity index (χ0) is 12.8. The molecule has 1 N–H and O–H groups in total. The van der Waals surface area contributed by atoms with E-state index in [-0.39, 0.29) is 0 Å². The minimum absolute atomic E-state index is 0.414. The van der Waals surface area contributed by atoms with Crippen molar-refractivity contribution in [2.24, 2.45) is 5.92 Å². The smallest absolute Gasteiger partial charge is 0.124 e. The maximum atomic E-state index is 5.81. The molecule has 0 saturated heterocycles. The quantitative estimate of drug-likeness (QED) is 0.754. The van der Waals surface area contributed by atoms with Gasteiger partial charge in [0.15, 0.2) is 0 Å². The lowest BCUT2D eigenvalue weighted by atomic mass is 9.77. The fourth-order valence-electron chi connectivity index (χ4n) is 2.52. The number of rotatable bonds is 7. The SMILES string of the molecule is CNC(c1ccccc1OCCOC)C1CCC1. The summed E-state index contributed by atoms with van der Waals surface area (Å²) in [6, 6.07) is 8.74. The second kappa shape index (κ2) is 6.76. The Bertz CT molecular complexity index is 363. The van der Waals surface area contributed by atoms with Crippen molar-refractivity contribution in [1.82, 2.24) is 5.32 Å². The molecule has 100 valence electrons. The lowest BCUT2D eigenvalue weighted by molar-refractivity contribution is 0.144. The van der Waals surface area contributed by atoms with E-state index < -0.39 is 0 Å². The van der Waals surface area contributed by atoms with E-state index in [1.165, 1.54) is 24.8 Å². The predicted molar refractivity (Wildman–Crippen MR) is 73.0 cm³/mol. The van der Waals surface area contributed by atoms with Crippen LogP contribution in [-0.2, 0) is 4.74 Å². The molecule has 0 amide bonds. The molecular weight excluding hydrogens is 226 g/mol. The number of methoxy groups -OCH3 is 1. The molecule has 0 radical (unpaired) electrons. The molecule has 0 aliphatic heterocycles. The first kappa shape index (κ1) is 13.4. The molecule has 18 heavy (non-hydrogen) atoms. The molecule has 1 atom stereocenters. The largest absolute Gasteiger partial charge is 0.491 e. The molecule has 3 heteroatoms. The van der Waals surface area contributed by atoms with Gasteiger partial charge >= 0.3 is 0 Å². The van der Waals surface area contributed by atoms with Gasteiger partial charge in [0.05, 0.1) is 6.61 Å². The predicted octanol–water partition coefficient (Wildman–Crippen LogP) is 2.77. The number of para-hydroxylation sites is 1. The summed E-state index contributed by atoms with van der Waals surface area (Å²) >= 11 is 0. The standard InChI is InChI=1S/C15H23NO2/c1-16-15(12-6-5-7-12)13-8-3-4-9-14(13)18-11-10-17-2/h3-4,8-9,12,15-16H,5-7,10-11H2,1-2H3. The molecular formula is C15H23NO2. The zero-order valence-corrected chi connectivity index (χ0v) is 11.3. The van der Waals surface area contributed by atoms with Crippen LogP contribution in [0.2, 0.25) is 0 Å². The Hall–Kier alpha value is -1.06. The summed E-state index contributed by atoms with van der Waals surface area (Å²) in [7, 11) is 3.73. The second-order valence-corrected chi connectivity index (χ2v) is 4.84. The van der Waals surface area contributed by atoms with E-state index in [1.807, 2.05) is 19.2 Å². The summed E-state index contributed by atoms with van der Waals surface area (Å²) in [6.45, 7) is 1.23. The van der Waals surface area contributed by atoms with Gasteiger partial charge in [-0.1, -0.05) is 24.6 Å². The number of hydrogen-bond donors (Lipinski definition) is 1. The van der Waals surface area contributed by atoms with Gasteiger partial charge in [0, 0.05) is 18.7 Å². The van der Waals surface area contributed by atoms with Gasteiger partial charge in [-0.25, -0.2) is 0 Å². The average molecular weight is 249 g/mol. The second-order valence-electron chi connectivity index (χ2n) is 4.84. The molecule has 0 aromatic heterocycles. The van der Waals surface area contributed by atoms with Crippen molar-refractivity contribution in [2.75, 3.05) is 27.4 Å². The first-order chi connectivity index (χ1) is 8.86. The lowest BCUT2D eigenvalue weighted by Gasteiger charge is -2.34. The summed E-state index contributed by atoms with van der Waals surface area (Å²) in [4.78, 5) is 0. The third-order valence-electron chi connectivity index (χ3n) is 3.73. The Kier molecular flexibility index (Phi) is 5.02. The van der Waals surface area contributed by atoms with Gasteiger partial charge in [0.1, 0.15) is 12.4 Å². The van der Waals surface area contributed by atoms with Gasteiger partial charge in [-0.05, 0) is 31.9 Å². The fraction of sp³-hybridized carbons (Fsp3) is 0.600. The first-order valence-corrected chi connectivity index (χ1v) is 6.74. The van der Waals surface area contributed by atoms with E-state index in [4.69, 9.17) is 9.47 Å². The number of nitrogens with one attached hydrogen (secondary N) is 1. The van der Waals surface area contributed by atoms with Crippen LogP contribution in [0.1, 0.15) is 30.9 Å². The molecule has 1 saturated carbocycles. The highest BCUT2D eigenvalue weighted by Gasteiger charge is 2.29. The highest BCUT2D eigenvalue weighted by Crippen LogP contribution is 2.40. The third-order valence-corrected chi connectivity index (χ3v) is 3.73. The Morgan fingerprint density at radius 1 is 1.28 bits per heavy atom. The van der Waals surface area contributed by atoms with Crippen LogP contribution >= 0.6 is 0 Å². The molecule has 2 rings (SSSR count). The van der Waals surface area contributed by atoms with E-state index in [1.54, 1.807) is 7.11 Å². The van der Waals surface area contributed by atoms with Crippen molar-refractivity contribution in [1.29, 1.82) is 0 Å². The summed E-state index contributed by atoms with van der Waals surface area (Å²) in [6.07, 6.45) is 3.99. The monoisotopic (exact) mass is 249 g/mol. The summed E-state index contributed by atoms with van der Waals surface area (Å²) in [5, 5.41) is 3.44. The molecule has 1 aliphatic rings. The fourth-order valence-corrected chi connectivity index (χ4v) is 2.52. The molecule has 0 spiro atoms. The third kappa shape index (κ3) is 3.03. The van der Waals surface area contributed by atoms with Crippen LogP contribution in [0.3, 0.4) is 0 Å². The van der Waals surface area contributed by atoms with Crippen LogP contribution in [0.4, 0.5) is 0 Å². The minimum Gasteiger partial charge on any atom is -0.491 e. The summed E-state index contributed by atoms with van der Waals surface area (Å²) < 4.78 is 10.8. The van der Waals surface area contributed by atoms with Crippen LogP contribution in [0.25, 0.3) is 0 Å². The molecule has 1 aromatic rings. The van der Waals surface area contributed by atoms with Crippen LogP contribution in [0.5, 0.6) is 5.75 Å². The molecule has 1 aromatic carbocycles. The maximum Gasteiger partial charge on any atom is 0.124 e. The van der Waals surface area contributed by atoms with Gasteiger partial charge < -0.3 is 14.8 Å². The van der Waals surface area contributed by atoms with Gasteiger partial charge in [-0.2, -0.15) is 0 Å². The molecule has 3 nitrogen and oxygen atoms in total. The van der Waals surface area contributed by atoms with Crippen molar-refractivity contribution >= 4 is 0 Å². The molecule has 1 fully saturated rings. The molecule has 1 aliphatic carbocycles. The van der Waals surface area contributed by atoms with Crippen LogP contribution in [-0.4, -0.2) is 27.4 Å². The lowest BCUT2D eigenvalue weighted by Crippen LogP contribution is -2.30. The van der Waals surface area contributed by atoms with Crippen molar-refractivity contribution in [3.05, 3.63) is 29.8 Å². The van der Waals surface area contributed by atoms with Gasteiger partial charge in [0.25, 0.3) is 0 Å². The van der Waals surface area contributed by atoms with Crippen LogP contribution in [0.15, 0.2) is 24.3 Å². The zero-order valence-electron chi connectivity index (χ0n) is 11.3. The molecule has 1 unspecified atom stereocenters. The Labute approximate surface area is 109 Å². The first-order valence-electron chi connectivity index (χ1n) is 6.74. The van der Waals surface area contributed by atoms with Crippen molar-refractivity contribution in [2.45, 2.75) is 25.3 Å². The van der Waals surface area contributed by atoms with Crippen LogP contribution in [0, 0.1) is 5.92 Å². The molecule has 0 heterocycles. The van der Waals surface area contributed by atoms with Gasteiger partial charge in [0.2, 0.25) is 0 Å². The van der Waals surface area contributed by atoms with Gasteiger partial charge in [-0.15, -0.1) is 0 Å². The topological polar surface area (TPSA) is 30.5 Å². The van der Waals surface area contributed by atoms with E-state index >= 15 is 0 Å². The normalized spacial score (nSPS) is 17.2. The van der Waals surface area contributed by atoms with E-state index in [0.717, 1.165) is 11.7 Å². The van der Waals surface area contributed by atoms with E-state index in [9.17, 15) is 0 Å². The molecule has 0 bridgehead atoms. The Morgan fingerprint density at radius 3 is 2.67 bits per heavy atom. The highest BCUT2D eigenvalue weighted by molar-refractivity contribution is 5.36. The van der Waals surface area contributed by atoms with Gasteiger partial charge in [-0.3, -0.25) is 0 Å². The average Bonchev–Trinajstić information content (AvgIpc) is 2.35. The van der Waals surface area contributed by atoms with Crippen molar-refractivity contribution < 1.29 is 9.47 Å². The minimum atomic E-state index is 0.414. The number of hydrogen-bond acceptors (Lipinski definition) is 3. The number of benzene rings is 1. The Morgan fingerprint density at radius 2 is 2.06 bits per heavy atom.